The van der Waals surface area contributed by atoms with Crippen LogP contribution in [0.1, 0.15) is 47.0 Å². The van der Waals surface area contributed by atoms with E-state index >= 15 is 0 Å². The summed E-state index contributed by atoms with van der Waals surface area (Å²) in [4.78, 5) is 22.6. The number of hydrogen-bond donors (Lipinski definition) is 2. The van der Waals surface area contributed by atoms with Crippen LogP contribution in [0.5, 0.6) is 0 Å². The average molecular weight is 314 g/mol. The largest absolute Gasteiger partial charge is 0.444 e. The number of carbonyl (C=O) groups is 2. The Hall–Kier alpha value is -1.30. The minimum absolute atomic E-state index is 0.0290. The number of ether oxygens (including phenoxy) is 2. The first-order valence-electron chi connectivity index (χ1n) is 7.83. The van der Waals surface area contributed by atoms with Gasteiger partial charge in [-0.15, -0.1) is 0 Å². The third-order valence-electron chi connectivity index (χ3n) is 4.09. The van der Waals surface area contributed by atoms with Gasteiger partial charge in [0.15, 0.2) is 0 Å². The lowest BCUT2D eigenvalue weighted by atomic mass is 9.62. The lowest BCUT2D eigenvalue weighted by Crippen LogP contribution is -2.50. The molecular weight excluding hydrogens is 284 g/mol. The predicted molar refractivity (Wildman–Crippen MR) is 84.5 cm³/mol. The lowest BCUT2D eigenvalue weighted by molar-refractivity contribution is -0.110. The van der Waals surface area contributed by atoms with Gasteiger partial charge in [0.25, 0.3) is 0 Å². The molecule has 1 aliphatic carbocycles. The molecule has 3 unspecified atom stereocenters. The SMILES string of the molecule is COCC(C)OC(=O)NC1CC(C)(C)CC(C)(CNC=O)C1. The van der Waals surface area contributed by atoms with E-state index in [9.17, 15) is 9.59 Å². The Labute approximate surface area is 133 Å². The summed E-state index contributed by atoms with van der Waals surface area (Å²) in [5.41, 5.74) is 0.0758. The molecule has 0 radical (unpaired) electrons. The highest BCUT2D eigenvalue weighted by atomic mass is 16.6. The number of methoxy groups -OCH3 is 1. The number of rotatable bonds is 7. The van der Waals surface area contributed by atoms with Crippen LogP contribution in [0.4, 0.5) is 4.79 Å². The molecule has 2 N–H and O–H groups in total. The van der Waals surface area contributed by atoms with E-state index in [1.807, 2.05) is 0 Å². The van der Waals surface area contributed by atoms with Crippen molar-refractivity contribution >= 4 is 12.5 Å². The van der Waals surface area contributed by atoms with Gasteiger partial charge < -0.3 is 20.1 Å². The van der Waals surface area contributed by atoms with Crippen molar-refractivity contribution in [3.8, 4) is 0 Å². The van der Waals surface area contributed by atoms with Crippen LogP contribution in [-0.4, -0.2) is 44.9 Å². The third-order valence-corrected chi connectivity index (χ3v) is 4.09. The van der Waals surface area contributed by atoms with E-state index in [2.05, 4.69) is 31.4 Å². The molecular formula is C16H30N2O4. The Morgan fingerprint density at radius 1 is 1.36 bits per heavy atom. The molecule has 0 bridgehead atoms. The van der Waals surface area contributed by atoms with Crippen LogP contribution >= 0.6 is 0 Å². The summed E-state index contributed by atoms with van der Waals surface area (Å²) in [7, 11) is 1.58. The van der Waals surface area contributed by atoms with E-state index in [0.717, 1.165) is 25.7 Å². The zero-order chi connectivity index (χ0) is 16.8. The molecule has 1 fully saturated rings. The van der Waals surface area contributed by atoms with Crippen LogP contribution in [0.25, 0.3) is 0 Å². The normalized spacial score (nSPS) is 28.5. The Kier molecular flexibility index (Phi) is 6.66. The van der Waals surface area contributed by atoms with Gasteiger partial charge in [0.1, 0.15) is 6.10 Å². The van der Waals surface area contributed by atoms with Crippen molar-refractivity contribution in [1.82, 2.24) is 10.6 Å². The maximum Gasteiger partial charge on any atom is 0.407 e. The summed E-state index contributed by atoms with van der Waals surface area (Å²) >= 11 is 0. The van der Waals surface area contributed by atoms with Crippen molar-refractivity contribution in [2.24, 2.45) is 10.8 Å². The van der Waals surface area contributed by atoms with Gasteiger partial charge >= 0.3 is 6.09 Å². The highest BCUT2D eigenvalue weighted by Crippen LogP contribution is 2.45. The van der Waals surface area contributed by atoms with Gasteiger partial charge in [-0.1, -0.05) is 20.8 Å². The fraction of sp³-hybridized carbons (Fsp3) is 0.875. The Balaban J connectivity index is 2.61. The molecule has 1 rings (SSSR count). The van der Waals surface area contributed by atoms with E-state index in [4.69, 9.17) is 9.47 Å². The molecule has 6 heteroatoms. The second-order valence-corrected chi connectivity index (χ2v) is 7.57. The first-order chi connectivity index (χ1) is 10.2. The zero-order valence-electron chi connectivity index (χ0n) is 14.4. The summed E-state index contributed by atoms with van der Waals surface area (Å²) in [5.74, 6) is 0. The molecule has 0 aromatic rings. The Morgan fingerprint density at radius 2 is 2.05 bits per heavy atom. The van der Waals surface area contributed by atoms with Crippen LogP contribution in [0.15, 0.2) is 0 Å². The summed E-state index contributed by atoms with van der Waals surface area (Å²) in [5, 5.41) is 5.74. The van der Waals surface area contributed by atoms with Gasteiger partial charge in [0.2, 0.25) is 6.41 Å². The van der Waals surface area contributed by atoms with E-state index in [1.165, 1.54) is 0 Å². The van der Waals surface area contributed by atoms with Gasteiger partial charge in [-0.2, -0.15) is 0 Å². The predicted octanol–water partition coefficient (Wildman–Crippen LogP) is 2.08. The molecule has 6 nitrogen and oxygen atoms in total. The first kappa shape index (κ1) is 18.7. The summed E-state index contributed by atoms with van der Waals surface area (Å²) in [6, 6.07) is 0.0458. The fourth-order valence-electron chi connectivity index (χ4n) is 3.81. The minimum atomic E-state index is -0.405. The maximum atomic E-state index is 12.0. The number of carbonyl (C=O) groups excluding carboxylic acids is 2. The fourth-order valence-corrected chi connectivity index (χ4v) is 3.81. The van der Waals surface area contributed by atoms with Crippen molar-refractivity contribution in [2.45, 2.75) is 59.1 Å². The van der Waals surface area contributed by atoms with Crippen molar-refractivity contribution in [1.29, 1.82) is 0 Å². The number of amides is 2. The van der Waals surface area contributed by atoms with Gasteiger partial charge in [-0.3, -0.25) is 4.79 Å². The van der Waals surface area contributed by atoms with E-state index in [-0.39, 0.29) is 23.0 Å². The topological polar surface area (TPSA) is 76.7 Å². The molecule has 0 saturated heterocycles. The molecule has 0 heterocycles. The Morgan fingerprint density at radius 3 is 2.64 bits per heavy atom. The molecule has 3 atom stereocenters. The first-order valence-corrected chi connectivity index (χ1v) is 7.83. The van der Waals surface area contributed by atoms with E-state index in [1.54, 1.807) is 14.0 Å². The van der Waals surface area contributed by atoms with Crippen molar-refractivity contribution in [3.05, 3.63) is 0 Å². The number of alkyl carbamates (subject to hydrolysis) is 1. The van der Waals surface area contributed by atoms with Crippen molar-refractivity contribution < 1.29 is 19.1 Å². The van der Waals surface area contributed by atoms with Crippen molar-refractivity contribution in [3.63, 3.8) is 0 Å². The smallest absolute Gasteiger partial charge is 0.407 e. The average Bonchev–Trinajstić information content (AvgIpc) is 2.33. The molecule has 0 aromatic carbocycles. The van der Waals surface area contributed by atoms with Crippen molar-refractivity contribution in [2.75, 3.05) is 20.3 Å². The lowest BCUT2D eigenvalue weighted by Gasteiger charge is -2.46. The second-order valence-electron chi connectivity index (χ2n) is 7.57. The molecule has 0 aliphatic heterocycles. The quantitative estimate of drug-likeness (QED) is 0.705. The Bertz CT molecular complexity index is 386. The summed E-state index contributed by atoms with van der Waals surface area (Å²) < 4.78 is 10.2. The van der Waals surface area contributed by atoms with Gasteiger partial charge in [0.05, 0.1) is 6.61 Å². The van der Waals surface area contributed by atoms with Gasteiger partial charge in [-0.25, -0.2) is 4.79 Å². The molecule has 0 aromatic heterocycles. The van der Waals surface area contributed by atoms with E-state index < -0.39 is 6.09 Å². The van der Waals surface area contributed by atoms with Crippen LogP contribution in [0.3, 0.4) is 0 Å². The van der Waals surface area contributed by atoms with Gasteiger partial charge in [0, 0.05) is 19.7 Å². The molecule has 1 aliphatic rings. The summed E-state index contributed by atoms with van der Waals surface area (Å²) in [6.45, 7) is 9.33. The standard InChI is InChI=1S/C16H30N2O4/c1-12(8-21-5)22-14(20)18-13-6-15(2,3)9-16(4,7-13)10-17-11-19/h11-13H,6-10H2,1-5H3,(H,17,19)(H,18,20). The maximum absolute atomic E-state index is 12.0. The highest BCUT2D eigenvalue weighted by molar-refractivity contribution is 5.67. The van der Waals surface area contributed by atoms with Gasteiger partial charge in [-0.05, 0) is 37.0 Å². The van der Waals surface area contributed by atoms with Crippen LogP contribution < -0.4 is 10.6 Å². The number of hydrogen-bond acceptors (Lipinski definition) is 4. The highest BCUT2D eigenvalue weighted by Gasteiger charge is 2.41. The van der Waals surface area contributed by atoms with Crippen LogP contribution in [-0.2, 0) is 14.3 Å². The zero-order valence-corrected chi connectivity index (χ0v) is 14.4. The molecule has 128 valence electrons. The van der Waals surface area contributed by atoms with E-state index in [0.29, 0.717) is 13.2 Å². The minimum Gasteiger partial charge on any atom is -0.444 e. The molecule has 2 amide bonds. The molecule has 1 saturated carbocycles. The number of nitrogens with one attached hydrogen (secondary N) is 2. The monoisotopic (exact) mass is 314 g/mol. The van der Waals surface area contributed by atoms with Crippen LogP contribution in [0.2, 0.25) is 0 Å². The van der Waals surface area contributed by atoms with Crippen LogP contribution in [0, 0.1) is 10.8 Å². The molecule has 0 spiro atoms. The molecule has 22 heavy (non-hydrogen) atoms. The second kappa shape index (κ2) is 7.81. The third kappa shape index (κ3) is 6.22. The summed E-state index contributed by atoms with van der Waals surface area (Å²) in [6.07, 6.45) is 2.79.